The van der Waals surface area contributed by atoms with Gasteiger partial charge in [-0.1, -0.05) is 5.16 Å². The zero-order chi connectivity index (χ0) is 18.5. The monoisotopic (exact) mass is 332 g/mol. The topological polar surface area (TPSA) is 89.5 Å². The lowest BCUT2D eigenvalue weighted by molar-refractivity contribution is -0.145. The first-order chi connectivity index (χ1) is 11.1. The first-order valence-electron chi connectivity index (χ1n) is 7.66. The molecule has 7 nitrogen and oxygen atoms in total. The zero-order valence-electron chi connectivity index (χ0n) is 15.3. The molecule has 7 heteroatoms. The van der Waals surface area contributed by atoms with Gasteiger partial charge in [0.2, 0.25) is 0 Å². The first kappa shape index (κ1) is 19.4. The highest BCUT2D eigenvalue weighted by atomic mass is 16.6. The van der Waals surface area contributed by atoms with Crippen molar-refractivity contribution in [2.24, 2.45) is 17.6 Å². The minimum Gasteiger partial charge on any atom is -0.422 e. The maximum Gasteiger partial charge on any atom is 0.316 e. The van der Waals surface area contributed by atoms with Crippen molar-refractivity contribution in [3.63, 3.8) is 0 Å². The predicted molar refractivity (Wildman–Crippen MR) is 90.9 cm³/mol. The van der Waals surface area contributed by atoms with E-state index in [4.69, 9.17) is 9.57 Å². The van der Waals surface area contributed by atoms with Crippen LogP contribution in [0.4, 0.5) is 0 Å². The maximum absolute atomic E-state index is 12.4. The van der Waals surface area contributed by atoms with Gasteiger partial charge >= 0.3 is 5.97 Å². The predicted octanol–water partition coefficient (Wildman–Crippen LogP) is 2.88. The lowest BCUT2D eigenvalue weighted by Gasteiger charge is -2.19. The smallest absolute Gasteiger partial charge is 0.316 e. The molecule has 1 heterocycles. The van der Waals surface area contributed by atoms with Gasteiger partial charge in [0, 0.05) is 12.6 Å². The number of nitriles is 1. The van der Waals surface area contributed by atoms with E-state index in [9.17, 15) is 10.1 Å². The molecule has 0 aliphatic rings. The summed E-state index contributed by atoms with van der Waals surface area (Å²) in [7, 11) is 1.73. The Kier molecular flexibility index (Phi) is 6.29. The van der Waals surface area contributed by atoms with E-state index in [0.29, 0.717) is 12.3 Å². The van der Waals surface area contributed by atoms with Gasteiger partial charge < -0.3 is 9.57 Å². The lowest BCUT2D eigenvalue weighted by atomic mass is 9.97. The minimum atomic E-state index is -0.718. The van der Waals surface area contributed by atoms with Crippen molar-refractivity contribution < 1.29 is 14.4 Å². The van der Waals surface area contributed by atoms with E-state index in [1.807, 2.05) is 19.9 Å². The van der Waals surface area contributed by atoms with Gasteiger partial charge in [-0.15, -0.1) is 0 Å². The molecule has 0 bridgehead atoms. The molecule has 0 radical (unpaired) electrons. The molecule has 0 amide bonds. The average molecular weight is 332 g/mol. The van der Waals surface area contributed by atoms with Gasteiger partial charge in [-0.25, -0.2) is 0 Å². The fourth-order valence-electron chi connectivity index (χ4n) is 1.86. The van der Waals surface area contributed by atoms with E-state index in [1.165, 1.54) is 6.21 Å². The van der Waals surface area contributed by atoms with Crippen LogP contribution in [0, 0.1) is 30.6 Å². The van der Waals surface area contributed by atoms with Crippen LogP contribution in [0.25, 0.3) is 5.76 Å². The van der Waals surface area contributed by atoms with Crippen LogP contribution in [-0.4, -0.2) is 28.6 Å². The molecule has 1 aromatic rings. The molecule has 0 aliphatic heterocycles. The summed E-state index contributed by atoms with van der Waals surface area (Å²) in [5.74, 6) is -0.324. The average Bonchev–Trinajstić information content (AvgIpc) is 2.74. The van der Waals surface area contributed by atoms with Crippen molar-refractivity contribution in [1.29, 1.82) is 5.26 Å². The Morgan fingerprint density at radius 3 is 2.46 bits per heavy atom. The van der Waals surface area contributed by atoms with Crippen molar-refractivity contribution >= 4 is 17.9 Å². The van der Waals surface area contributed by atoms with Crippen LogP contribution in [0.1, 0.15) is 44.6 Å². The molecule has 0 saturated carbocycles. The Morgan fingerprint density at radius 2 is 2.04 bits per heavy atom. The minimum absolute atomic E-state index is 0.0900. The van der Waals surface area contributed by atoms with Crippen LogP contribution in [0.15, 0.2) is 10.7 Å². The van der Waals surface area contributed by atoms with Gasteiger partial charge in [-0.2, -0.15) is 10.4 Å². The highest BCUT2D eigenvalue weighted by molar-refractivity contribution is 5.96. The van der Waals surface area contributed by atoms with Gasteiger partial charge in [0.15, 0.2) is 5.76 Å². The summed E-state index contributed by atoms with van der Waals surface area (Å²) >= 11 is 0. The molecule has 0 atom stereocenters. The Bertz CT molecular complexity index is 715. The van der Waals surface area contributed by atoms with Gasteiger partial charge in [0.1, 0.15) is 23.9 Å². The molecule has 0 aromatic carbocycles. The third-order valence-corrected chi connectivity index (χ3v) is 3.29. The van der Waals surface area contributed by atoms with E-state index in [1.54, 1.807) is 39.4 Å². The number of aromatic nitrogens is 2. The van der Waals surface area contributed by atoms with Crippen molar-refractivity contribution in [2.45, 2.75) is 41.5 Å². The molecule has 0 spiro atoms. The van der Waals surface area contributed by atoms with Gasteiger partial charge in [0.25, 0.3) is 0 Å². The largest absolute Gasteiger partial charge is 0.422 e. The van der Waals surface area contributed by atoms with Crippen LogP contribution < -0.4 is 0 Å². The van der Waals surface area contributed by atoms with Gasteiger partial charge in [-0.3, -0.25) is 9.48 Å². The summed E-state index contributed by atoms with van der Waals surface area (Å²) in [5, 5.41) is 17.5. The number of carbonyl (C=O) groups excluding carboxylic acids is 1. The van der Waals surface area contributed by atoms with E-state index in [0.717, 1.165) is 11.3 Å². The van der Waals surface area contributed by atoms with Crippen molar-refractivity contribution in [2.75, 3.05) is 6.61 Å². The number of ether oxygens (including phenoxy) is 1. The third kappa shape index (κ3) is 4.44. The van der Waals surface area contributed by atoms with E-state index < -0.39 is 11.4 Å². The Balaban J connectivity index is 3.52. The molecular weight excluding hydrogens is 308 g/mol. The van der Waals surface area contributed by atoms with Gasteiger partial charge in [-0.05, 0) is 41.5 Å². The number of hydrogen-bond donors (Lipinski definition) is 0. The lowest BCUT2D eigenvalue weighted by Crippen LogP contribution is -2.23. The molecule has 0 aliphatic carbocycles. The fraction of sp³-hybridized carbons (Fsp3) is 0.529. The number of esters is 1. The molecule has 1 aromatic heterocycles. The maximum atomic E-state index is 12.4. The third-order valence-electron chi connectivity index (χ3n) is 3.29. The van der Waals surface area contributed by atoms with Crippen LogP contribution in [-0.2, 0) is 21.4 Å². The number of aryl methyl sites for hydroxylation is 2. The van der Waals surface area contributed by atoms with Crippen LogP contribution in [0.3, 0.4) is 0 Å². The molecule has 130 valence electrons. The molecular formula is C17H24N4O3. The number of rotatable bonds is 5. The summed E-state index contributed by atoms with van der Waals surface area (Å²) in [6.45, 7) is 11.1. The molecule has 1 rings (SSSR count). The highest BCUT2D eigenvalue weighted by Crippen LogP contribution is 2.28. The quantitative estimate of drug-likeness (QED) is 0.272. The molecule has 0 fully saturated rings. The number of nitrogens with zero attached hydrogens (tertiary/aromatic N) is 4. The first-order valence-corrected chi connectivity index (χ1v) is 7.66. The summed E-state index contributed by atoms with van der Waals surface area (Å²) < 4.78 is 7.16. The summed E-state index contributed by atoms with van der Waals surface area (Å²) in [5.41, 5.74) is 1.55. The summed E-state index contributed by atoms with van der Waals surface area (Å²) in [6, 6.07) is 2.01. The second kappa shape index (κ2) is 7.77. The standard InChI is InChI=1S/C17H24N4O3/c1-8-23-19-10-13(9-18)15(24-16(22)17(4,5)6)14-11(2)12(3)20-21(14)7/h10H,8H2,1-7H3/b15-13-,19-10+. The Hall–Kier alpha value is -2.62. The molecule has 0 N–H and O–H groups in total. The molecule has 24 heavy (non-hydrogen) atoms. The van der Waals surface area contributed by atoms with E-state index in [2.05, 4.69) is 10.3 Å². The van der Waals surface area contributed by atoms with E-state index in [-0.39, 0.29) is 11.3 Å². The Labute approximate surface area is 142 Å². The second-order valence-electron chi connectivity index (χ2n) is 6.33. The molecule has 0 saturated heterocycles. The van der Waals surface area contributed by atoms with Gasteiger partial charge in [0.05, 0.1) is 17.3 Å². The van der Waals surface area contributed by atoms with E-state index >= 15 is 0 Å². The number of oxime groups is 1. The van der Waals surface area contributed by atoms with Crippen molar-refractivity contribution in [3.8, 4) is 6.07 Å². The van der Waals surface area contributed by atoms with Crippen LogP contribution >= 0.6 is 0 Å². The number of carbonyl (C=O) groups is 1. The van der Waals surface area contributed by atoms with Crippen LogP contribution in [0.5, 0.6) is 0 Å². The van der Waals surface area contributed by atoms with Crippen molar-refractivity contribution in [3.05, 3.63) is 22.5 Å². The zero-order valence-corrected chi connectivity index (χ0v) is 15.3. The SMILES string of the molecule is CCO/N=C/C(C#N)=C(\OC(=O)C(C)(C)C)c1c(C)c(C)nn1C. The fourth-order valence-corrected chi connectivity index (χ4v) is 1.86. The van der Waals surface area contributed by atoms with Crippen molar-refractivity contribution in [1.82, 2.24) is 9.78 Å². The number of hydrogen-bond acceptors (Lipinski definition) is 6. The molecule has 0 unspecified atom stereocenters. The Morgan fingerprint density at radius 1 is 1.42 bits per heavy atom. The normalized spacial score (nSPS) is 12.8. The highest BCUT2D eigenvalue weighted by Gasteiger charge is 2.28. The van der Waals surface area contributed by atoms with Crippen LogP contribution in [0.2, 0.25) is 0 Å². The second-order valence-corrected chi connectivity index (χ2v) is 6.33. The summed E-state index contributed by atoms with van der Waals surface area (Å²) in [6.07, 6.45) is 1.25. The number of allylic oxidation sites excluding steroid dienone is 1. The summed E-state index contributed by atoms with van der Waals surface area (Å²) in [4.78, 5) is 17.3.